The second kappa shape index (κ2) is 7.78. The fraction of sp³-hybridized carbons (Fsp3) is 0.474. The average Bonchev–Trinajstić information content (AvgIpc) is 3.09. The number of nitrogens with zero attached hydrogens (tertiary/aromatic N) is 2. The van der Waals surface area contributed by atoms with E-state index in [-0.39, 0.29) is 23.7 Å². The molecule has 0 saturated carbocycles. The summed E-state index contributed by atoms with van der Waals surface area (Å²) < 4.78 is 19.3. The third-order valence-corrected chi connectivity index (χ3v) is 4.82. The highest BCUT2D eigenvalue weighted by Gasteiger charge is 2.25. The van der Waals surface area contributed by atoms with Crippen LogP contribution in [0.2, 0.25) is 0 Å². The number of aliphatic hydroxyl groups excluding tert-OH is 1. The quantitative estimate of drug-likeness (QED) is 0.904. The molecule has 1 atom stereocenters. The van der Waals surface area contributed by atoms with Gasteiger partial charge in [-0.2, -0.15) is 0 Å². The number of piperidine rings is 1. The van der Waals surface area contributed by atoms with Gasteiger partial charge >= 0.3 is 0 Å². The van der Waals surface area contributed by atoms with Gasteiger partial charge < -0.3 is 14.4 Å². The molecule has 1 aromatic heterocycles. The molecule has 1 saturated heterocycles. The molecule has 2 aromatic rings. The molecule has 1 amide bonds. The number of aliphatic hydroxyl groups is 1. The first-order valence-electron chi connectivity index (χ1n) is 8.70. The van der Waals surface area contributed by atoms with Crippen molar-refractivity contribution >= 4 is 5.91 Å². The number of rotatable bonds is 5. The Labute approximate surface area is 146 Å². The van der Waals surface area contributed by atoms with Crippen molar-refractivity contribution in [2.45, 2.75) is 38.7 Å². The first kappa shape index (κ1) is 17.6. The Balaban J connectivity index is 1.53. The molecule has 3 rings (SSSR count). The van der Waals surface area contributed by atoms with Gasteiger partial charge in [0.15, 0.2) is 11.7 Å². The molecule has 1 unspecified atom stereocenters. The molecule has 1 N–H and O–H groups in total. The minimum atomic E-state index is -0.359. The molecule has 0 aliphatic carbocycles. The number of hydrogen-bond donors (Lipinski definition) is 1. The zero-order valence-corrected chi connectivity index (χ0v) is 14.3. The summed E-state index contributed by atoms with van der Waals surface area (Å²) in [4.78, 5) is 18.3. The molecular weight excluding hydrogens is 323 g/mol. The number of halogens is 1. The highest BCUT2D eigenvalue weighted by molar-refractivity contribution is 5.76. The summed E-state index contributed by atoms with van der Waals surface area (Å²) in [7, 11) is 0. The number of likely N-dealkylation sites (tertiary alicyclic amines) is 1. The van der Waals surface area contributed by atoms with Crippen LogP contribution in [0.5, 0.6) is 0 Å². The average molecular weight is 346 g/mol. The first-order valence-corrected chi connectivity index (χ1v) is 8.70. The third-order valence-electron chi connectivity index (χ3n) is 4.82. The Morgan fingerprint density at radius 1 is 1.40 bits per heavy atom. The molecule has 0 radical (unpaired) electrons. The molecule has 1 aliphatic rings. The van der Waals surface area contributed by atoms with Crippen LogP contribution in [-0.2, 0) is 11.2 Å². The van der Waals surface area contributed by atoms with Crippen LogP contribution < -0.4 is 0 Å². The van der Waals surface area contributed by atoms with Crippen molar-refractivity contribution in [1.29, 1.82) is 0 Å². The molecule has 1 aliphatic heterocycles. The number of amides is 1. The standard InChI is InChI=1S/C19H23FN2O3/c1-13(23)14-8-10-22(11-9-14)19(24)7-6-18-21-12-17(25-18)15-4-2-3-5-16(15)20/h2-5,12-14,23H,6-11H2,1H3. The molecule has 5 nitrogen and oxygen atoms in total. The van der Waals surface area contributed by atoms with Crippen molar-refractivity contribution < 1.29 is 18.7 Å². The maximum absolute atomic E-state index is 13.8. The molecule has 1 fully saturated rings. The third kappa shape index (κ3) is 4.25. The van der Waals surface area contributed by atoms with E-state index in [1.54, 1.807) is 25.1 Å². The van der Waals surface area contributed by atoms with Crippen LogP contribution in [0.15, 0.2) is 34.9 Å². The zero-order chi connectivity index (χ0) is 17.8. The van der Waals surface area contributed by atoms with Gasteiger partial charge in [-0.1, -0.05) is 12.1 Å². The van der Waals surface area contributed by atoms with Crippen molar-refractivity contribution in [2.75, 3.05) is 13.1 Å². The summed E-state index contributed by atoms with van der Waals surface area (Å²) in [5.74, 6) is 0.792. The lowest BCUT2D eigenvalue weighted by Gasteiger charge is -2.33. The minimum absolute atomic E-state index is 0.0645. The Kier molecular flexibility index (Phi) is 5.48. The molecule has 1 aromatic carbocycles. The predicted molar refractivity (Wildman–Crippen MR) is 91.2 cm³/mol. The van der Waals surface area contributed by atoms with Gasteiger partial charge in [0, 0.05) is 25.9 Å². The van der Waals surface area contributed by atoms with Gasteiger partial charge in [-0.25, -0.2) is 9.37 Å². The summed E-state index contributed by atoms with van der Waals surface area (Å²) in [5, 5.41) is 9.62. The Morgan fingerprint density at radius 3 is 2.80 bits per heavy atom. The maximum atomic E-state index is 13.8. The Morgan fingerprint density at radius 2 is 2.12 bits per heavy atom. The van der Waals surface area contributed by atoms with Crippen molar-refractivity contribution in [3.8, 4) is 11.3 Å². The van der Waals surface area contributed by atoms with Crippen LogP contribution in [-0.4, -0.2) is 40.1 Å². The predicted octanol–water partition coefficient (Wildman–Crippen LogP) is 3.03. The second-order valence-corrected chi connectivity index (χ2v) is 6.56. The highest BCUT2D eigenvalue weighted by atomic mass is 19.1. The largest absolute Gasteiger partial charge is 0.441 e. The SMILES string of the molecule is CC(O)C1CCN(C(=O)CCc2ncc(-c3ccccc3F)o2)CC1. The monoisotopic (exact) mass is 346 g/mol. The second-order valence-electron chi connectivity index (χ2n) is 6.56. The van der Waals surface area contributed by atoms with E-state index in [9.17, 15) is 14.3 Å². The topological polar surface area (TPSA) is 66.6 Å². The number of aryl methyl sites for hydroxylation is 1. The summed E-state index contributed by atoms with van der Waals surface area (Å²) in [5.41, 5.74) is 0.368. The van der Waals surface area contributed by atoms with E-state index in [0.717, 1.165) is 12.8 Å². The Bertz CT molecular complexity index is 721. The van der Waals surface area contributed by atoms with Crippen LogP contribution in [0.25, 0.3) is 11.3 Å². The number of hydrogen-bond acceptors (Lipinski definition) is 4. The van der Waals surface area contributed by atoms with E-state index in [1.165, 1.54) is 12.3 Å². The van der Waals surface area contributed by atoms with Crippen molar-refractivity contribution in [3.63, 3.8) is 0 Å². The Hall–Kier alpha value is -2.21. The lowest BCUT2D eigenvalue weighted by atomic mass is 9.92. The molecule has 25 heavy (non-hydrogen) atoms. The zero-order valence-electron chi connectivity index (χ0n) is 14.3. The fourth-order valence-corrected chi connectivity index (χ4v) is 3.21. The molecule has 134 valence electrons. The minimum Gasteiger partial charge on any atom is -0.441 e. The van der Waals surface area contributed by atoms with Gasteiger partial charge in [-0.3, -0.25) is 4.79 Å². The highest BCUT2D eigenvalue weighted by Crippen LogP contribution is 2.24. The van der Waals surface area contributed by atoms with Crippen LogP contribution >= 0.6 is 0 Å². The van der Waals surface area contributed by atoms with Gasteiger partial charge in [0.05, 0.1) is 17.9 Å². The number of carbonyl (C=O) groups is 1. The van der Waals surface area contributed by atoms with E-state index in [1.807, 2.05) is 4.90 Å². The van der Waals surface area contributed by atoms with E-state index in [0.29, 0.717) is 43.1 Å². The molecule has 0 bridgehead atoms. The molecule has 0 spiro atoms. The van der Waals surface area contributed by atoms with Gasteiger partial charge in [-0.05, 0) is 37.8 Å². The first-order chi connectivity index (χ1) is 12.0. The van der Waals surface area contributed by atoms with Crippen molar-refractivity contribution in [3.05, 3.63) is 42.2 Å². The molecule has 2 heterocycles. The number of aromatic nitrogens is 1. The molecular formula is C19H23FN2O3. The smallest absolute Gasteiger partial charge is 0.223 e. The van der Waals surface area contributed by atoms with E-state index in [2.05, 4.69) is 4.98 Å². The lowest BCUT2D eigenvalue weighted by Crippen LogP contribution is -2.40. The van der Waals surface area contributed by atoms with Gasteiger partial charge in [-0.15, -0.1) is 0 Å². The fourth-order valence-electron chi connectivity index (χ4n) is 3.21. The maximum Gasteiger partial charge on any atom is 0.223 e. The summed E-state index contributed by atoms with van der Waals surface area (Å²) >= 11 is 0. The van der Waals surface area contributed by atoms with Crippen molar-refractivity contribution in [1.82, 2.24) is 9.88 Å². The normalized spacial score (nSPS) is 16.8. The van der Waals surface area contributed by atoms with E-state index < -0.39 is 0 Å². The number of benzene rings is 1. The number of oxazole rings is 1. The van der Waals surface area contributed by atoms with Crippen LogP contribution in [0.3, 0.4) is 0 Å². The summed E-state index contributed by atoms with van der Waals surface area (Å²) in [6.07, 6.45) is 3.55. The lowest BCUT2D eigenvalue weighted by molar-refractivity contribution is -0.133. The van der Waals surface area contributed by atoms with Gasteiger partial charge in [0.1, 0.15) is 5.82 Å². The van der Waals surface area contributed by atoms with Crippen molar-refractivity contribution in [2.24, 2.45) is 5.92 Å². The molecule has 6 heteroatoms. The van der Waals surface area contributed by atoms with E-state index >= 15 is 0 Å². The van der Waals surface area contributed by atoms with Crippen LogP contribution in [0.4, 0.5) is 4.39 Å². The van der Waals surface area contributed by atoms with Crippen LogP contribution in [0.1, 0.15) is 32.1 Å². The number of carbonyl (C=O) groups excluding carboxylic acids is 1. The van der Waals surface area contributed by atoms with Gasteiger partial charge in [0.2, 0.25) is 5.91 Å². The summed E-state index contributed by atoms with van der Waals surface area (Å²) in [6.45, 7) is 3.17. The van der Waals surface area contributed by atoms with Gasteiger partial charge in [0.25, 0.3) is 0 Å². The van der Waals surface area contributed by atoms with E-state index in [4.69, 9.17) is 4.42 Å². The summed E-state index contributed by atoms with van der Waals surface area (Å²) in [6, 6.07) is 6.37. The van der Waals surface area contributed by atoms with Crippen LogP contribution in [0, 0.1) is 11.7 Å².